The van der Waals surface area contributed by atoms with Crippen molar-refractivity contribution >= 4 is 8.56 Å². The summed E-state index contributed by atoms with van der Waals surface area (Å²) in [4.78, 5) is 0. The summed E-state index contributed by atoms with van der Waals surface area (Å²) in [5, 5.41) is 0. The number of unbranched alkanes of at least 4 members (excludes halogenated alkanes) is 1. The lowest BCUT2D eigenvalue weighted by molar-refractivity contribution is 0.105. The van der Waals surface area contributed by atoms with E-state index in [1.807, 2.05) is 6.08 Å². The molecule has 0 fully saturated rings. The van der Waals surface area contributed by atoms with Gasteiger partial charge in [-0.15, -0.1) is 6.58 Å². The Morgan fingerprint density at radius 3 is 1.94 bits per heavy atom. The SMILES string of the molecule is C=CCCC[Si](CC)(OC(C)C)OC(C)C. The maximum atomic E-state index is 6.13. The summed E-state index contributed by atoms with van der Waals surface area (Å²) in [6.45, 7) is 14.3. The van der Waals surface area contributed by atoms with Crippen molar-refractivity contribution in [2.24, 2.45) is 0 Å². The van der Waals surface area contributed by atoms with E-state index in [0.29, 0.717) is 0 Å². The molecule has 0 N–H and O–H groups in total. The fourth-order valence-electron chi connectivity index (χ4n) is 1.86. The predicted molar refractivity (Wildman–Crippen MR) is 72.9 cm³/mol. The molecule has 96 valence electrons. The Morgan fingerprint density at radius 1 is 1.12 bits per heavy atom. The minimum atomic E-state index is -1.98. The monoisotopic (exact) mass is 244 g/mol. The number of hydrogen-bond donors (Lipinski definition) is 0. The van der Waals surface area contributed by atoms with E-state index in [0.717, 1.165) is 24.9 Å². The topological polar surface area (TPSA) is 18.5 Å². The molecule has 16 heavy (non-hydrogen) atoms. The van der Waals surface area contributed by atoms with Gasteiger partial charge in [0.05, 0.1) is 0 Å². The van der Waals surface area contributed by atoms with Crippen LogP contribution in [0.1, 0.15) is 47.5 Å². The number of rotatable bonds is 9. The van der Waals surface area contributed by atoms with Crippen LogP contribution in [0.2, 0.25) is 12.1 Å². The Morgan fingerprint density at radius 2 is 1.62 bits per heavy atom. The first-order valence-corrected chi connectivity index (χ1v) is 8.65. The number of allylic oxidation sites excluding steroid dienone is 1. The molecule has 0 unspecified atom stereocenters. The zero-order valence-corrected chi connectivity index (χ0v) is 12.6. The second-order valence-electron chi connectivity index (χ2n) is 4.78. The standard InChI is InChI=1S/C13H28O2Si/c1-7-9-10-11-16(8-2,14-12(3)4)15-13(5)6/h7,12-13H,1,8-11H2,2-6H3. The third kappa shape index (κ3) is 6.46. The van der Waals surface area contributed by atoms with Crippen LogP contribution < -0.4 is 0 Å². The van der Waals surface area contributed by atoms with E-state index in [1.54, 1.807) is 0 Å². The Hall–Kier alpha value is -0.123. The molecule has 2 nitrogen and oxygen atoms in total. The van der Waals surface area contributed by atoms with Crippen LogP contribution in [-0.2, 0) is 8.85 Å². The quantitative estimate of drug-likeness (QED) is 0.343. The largest absolute Gasteiger partial charge is 0.392 e. The van der Waals surface area contributed by atoms with E-state index in [-0.39, 0.29) is 12.2 Å². The normalized spacial score (nSPS) is 12.4. The maximum Gasteiger partial charge on any atom is 0.338 e. The predicted octanol–water partition coefficient (Wildman–Crippen LogP) is 4.26. The molecule has 0 aromatic heterocycles. The van der Waals surface area contributed by atoms with E-state index >= 15 is 0 Å². The molecule has 0 saturated heterocycles. The first-order valence-electron chi connectivity index (χ1n) is 6.42. The Labute approximate surface area is 102 Å². The van der Waals surface area contributed by atoms with Gasteiger partial charge in [0.15, 0.2) is 0 Å². The van der Waals surface area contributed by atoms with Crippen molar-refractivity contribution in [3.05, 3.63) is 12.7 Å². The van der Waals surface area contributed by atoms with Gasteiger partial charge in [0.2, 0.25) is 0 Å². The van der Waals surface area contributed by atoms with Crippen molar-refractivity contribution in [1.29, 1.82) is 0 Å². The molecule has 0 aliphatic carbocycles. The average Bonchev–Trinajstić information content (AvgIpc) is 2.16. The smallest absolute Gasteiger partial charge is 0.338 e. The summed E-state index contributed by atoms with van der Waals surface area (Å²) in [5.41, 5.74) is 0. The average molecular weight is 244 g/mol. The molecule has 0 atom stereocenters. The summed E-state index contributed by atoms with van der Waals surface area (Å²) < 4.78 is 12.3. The molecule has 0 radical (unpaired) electrons. The highest BCUT2D eigenvalue weighted by atomic mass is 28.4. The van der Waals surface area contributed by atoms with Crippen LogP contribution in [0.15, 0.2) is 12.7 Å². The Kier molecular flexibility index (Phi) is 7.98. The molecular formula is C13H28O2Si. The Bertz CT molecular complexity index is 180. The van der Waals surface area contributed by atoms with Gasteiger partial charge in [-0.25, -0.2) is 0 Å². The molecule has 0 spiro atoms. The van der Waals surface area contributed by atoms with Gasteiger partial charge >= 0.3 is 8.56 Å². The zero-order valence-electron chi connectivity index (χ0n) is 11.6. The fourth-order valence-corrected chi connectivity index (χ4v) is 5.30. The molecule has 0 aliphatic rings. The summed E-state index contributed by atoms with van der Waals surface area (Å²) in [7, 11) is -1.98. The van der Waals surface area contributed by atoms with Gasteiger partial charge in [0.25, 0.3) is 0 Å². The van der Waals surface area contributed by atoms with Gasteiger partial charge in [-0.1, -0.05) is 13.0 Å². The van der Waals surface area contributed by atoms with Crippen LogP contribution in [0.25, 0.3) is 0 Å². The highest BCUT2D eigenvalue weighted by Gasteiger charge is 2.36. The number of hydrogen-bond acceptors (Lipinski definition) is 2. The summed E-state index contributed by atoms with van der Waals surface area (Å²) in [5.74, 6) is 0. The van der Waals surface area contributed by atoms with Gasteiger partial charge in [0.1, 0.15) is 0 Å². The molecule has 3 heteroatoms. The summed E-state index contributed by atoms with van der Waals surface area (Å²) in [6, 6.07) is 2.10. The lowest BCUT2D eigenvalue weighted by atomic mass is 10.3. The van der Waals surface area contributed by atoms with Gasteiger partial charge in [-0.3, -0.25) is 0 Å². The lowest BCUT2D eigenvalue weighted by Crippen LogP contribution is -2.45. The summed E-state index contributed by atoms with van der Waals surface area (Å²) >= 11 is 0. The third-order valence-corrected chi connectivity index (χ3v) is 6.40. The van der Waals surface area contributed by atoms with Crippen molar-refractivity contribution in [3.63, 3.8) is 0 Å². The van der Waals surface area contributed by atoms with Crippen LogP contribution in [0, 0.1) is 0 Å². The second kappa shape index (κ2) is 8.04. The van der Waals surface area contributed by atoms with Gasteiger partial charge in [-0.2, -0.15) is 0 Å². The van der Waals surface area contributed by atoms with Crippen LogP contribution in [0.4, 0.5) is 0 Å². The van der Waals surface area contributed by atoms with Crippen molar-refractivity contribution in [1.82, 2.24) is 0 Å². The molecule has 0 aromatic carbocycles. The highest BCUT2D eigenvalue weighted by molar-refractivity contribution is 6.67. The minimum absolute atomic E-state index is 0.258. The van der Waals surface area contributed by atoms with Crippen LogP contribution in [0.5, 0.6) is 0 Å². The van der Waals surface area contributed by atoms with Crippen molar-refractivity contribution in [2.75, 3.05) is 0 Å². The van der Waals surface area contributed by atoms with Crippen LogP contribution >= 0.6 is 0 Å². The van der Waals surface area contributed by atoms with Gasteiger partial charge < -0.3 is 8.85 Å². The first kappa shape index (κ1) is 15.9. The molecule has 0 saturated carbocycles. The molecular weight excluding hydrogens is 216 g/mol. The molecule has 0 heterocycles. The molecule has 0 amide bonds. The molecule has 0 aromatic rings. The van der Waals surface area contributed by atoms with Gasteiger partial charge in [-0.05, 0) is 52.6 Å². The van der Waals surface area contributed by atoms with Gasteiger partial charge in [0, 0.05) is 12.2 Å². The van der Waals surface area contributed by atoms with Crippen molar-refractivity contribution in [2.45, 2.75) is 71.8 Å². The summed E-state index contributed by atoms with van der Waals surface area (Å²) in [6.07, 6.45) is 4.67. The fraction of sp³-hybridized carbons (Fsp3) is 0.846. The van der Waals surface area contributed by atoms with E-state index in [2.05, 4.69) is 41.2 Å². The molecule has 0 aliphatic heterocycles. The highest BCUT2D eigenvalue weighted by Crippen LogP contribution is 2.25. The molecule has 0 rings (SSSR count). The lowest BCUT2D eigenvalue weighted by Gasteiger charge is -2.33. The van der Waals surface area contributed by atoms with E-state index in [9.17, 15) is 0 Å². The first-order chi connectivity index (χ1) is 7.45. The van der Waals surface area contributed by atoms with E-state index < -0.39 is 8.56 Å². The maximum absolute atomic E-state index is 6.13. The third-order valence-electron chi connectivity index (χ3n) is 2.41. The van der Waals surface area contributed by atoms with Crippen LogP contribution in [-0.4, -0.2) is 20.8 Å². The van der Waals surface area contributed by atoms with E-state index in [1.165, 1.54) is 0 Å². The second-order valence-corrected chi connectivity index (χ2v) is 8.28. The zero-order chi connectivity index (χ0) is 12.6. The van der Waals surface area contributed by atoms with Crippen molar-refractivity contribution < 1.29 is 8.85 Å². The van der Waals surface area contributed by atoms with Crippen molar-refractivity contribution in [3.8, 4) is 0 Å². The van der Waals surface area contributed by atoms with E-state index in [4.69, 9.17) is 8.85 Å². The Balaban J connectivity index is 4.45. The van der Waals surface area contributed by atoms with Crippen LogP contribution in [0.3, 0.4) is 0 Å². The minimum Gasteiger partial charge on any atom is -0.392 e. The molecule has 0 bridgehead atoms.